The van der Waals surface area contributed by atoms with Crippen molar-refractivity contribution in [3.05, 3.63) is 47.5 Å². The monoisotopic (exact) mass is 328 g/mol. The Morgan fingerprint density at radius 3 is 2.58 bits per heavy atom. The zero-order chi connectivity index (χ0) is 17.4. The Labute approximate surface area is 145 Å². The third kappa shape index (κ3) is 5.00. The molecule has 0 atom stereocenters. The van der Waals surface area contributed by atoms with Crippen molar-refractivity contribution in [1.29, 1.82) is 0 Å². The average Bonchev–Trinajstić information content (AvgIpc) is 2.55. The van der Waals surface area contributed by atoms with Crippen molar-refractivity contribution in [3.63, 3.8) is 0 Å². The number of benzene rings is 2. The number of rotatable bonds is 9. The van der Waals surface area contributed by atoms with Crippen LogP contribution in [0.4, 0.5) is 0 Å². The normalized spacial score (nSPS) is 10.8. The van der Waals surface area contributed by atoms with E-state index in [-0.39, 0.29) is 12.5 Å². The van der Waals surface area contributed by atoms with E-state index in [4.69, 9.17) is 9.47 Å². The number of phenols is 1. The molecule has 3 heteroatoms. The fourth-order valence-electron chi connectivity index (χ4n) is 2.77. The van der Waals surface area contributed by atoms with Crippen molar-refractivity contribution < 1.29 is 14.6 Å². The van der Waals surface area contributed by atoms with Crippen LogP contribution in [0.3, 0.4) is 0 Å². The largest absolute Gasteiger partial charge is 0.507 e. The van der Waals surface area contributed by atoms with E-state index in [9.17, 15) is 5.11 Å². The van der Waals surface area contributed by atoms with Crippen LogP contribution in [0.1, 0.15) is 44.2 Å². The van der Waals surface area contributed by atoms with E-state index >= 15 is 0 Å². The Balaban J connectivity index is 2.35. The quantitative estimate of drug-likeness (QED) is 0.490. The smallest absolute Gasteiger partial charge is 0.189 e. The Morgan fingerprint density at radius 2 is 1.88 bits per heavy atom. The molecular weight excluding hydrogens is 300 g/mol. The summed E-state index contributed by atoms with van der Waals surface area (Å²) in [7, 11) is 0. The number of hydrogen-bond acceptors (Lipinski definition) is 3. The molecule has 0 radical (unpaired) electrons. The van der Waals surface area contributed by atoms with Gasteiger partial charge in [-0.05, 0) is 49.9 Å². The lowest BCUT2D eigenvalue weighted by Gasteiger charge is -2.16. The van der Waals surface area contributed by atoms with Gasteiger partial charge in [-0.1, -0.05) is 49.6 Å². The number of aromatic hydroxyl groups is 1. The van der Waals surface area contributed by atoms with E-state index in [2.05, 4.69) is 13.0 Å². The van der Waals surface area contributed by atoms with E-state index in [0.29, 0.717) is 12.4 Å². The second-order valence-corrected chi connectivity index (χ2v) is 6.07. The molecule has 0 fully saturated rings. The maximum Gasteiger partial charge on any atom is 0.189 e. The summed E-state index contributed by atoms with van der Waals surface area (Å²) in [6.07, 6.45) is 4.43. The third-order valence-electron chi connectivity index (χ3n) is 4.02. The summed E-state index contributed by atoms with van der Waals surface area (Å²) in [5.74, 6) is 0.946. The van der Waals surface area contributed by atoms with Gasteiger partial charge < -0.3 is 14.6 Å². The Hall–Kier alpha value is -2.00. The van der Waals surface area contributed by atoms with Gasteiger partial charge in [-0.25, -0.2) is 0 Å². The summed E-state index contributed by atoms with van der Waals surface area (Å²) in [4.78, 5) is 0. The first-order chi connectivity index (χ1) is 11.7. The second-order valence-electron chi connectivity index (χ2n) is 6.07. The number of unbranched alkanes of at least 4 members (excludes halogenated alkanes) is 2. The molecule has 0 unspecified atom stereocenters. The summed E-state index contributed by atoms with van der Waals surface area (Å²) >= 11 is 0. The molecule has 0 bridgehead atoms. The Morgan fingerprint density at radius 1 is 1.04 bits per heavy atom. The number of ether oxygens (including phenoxy) is 2. The van der Waals surface area contributed by atoms with E-state index in [1.807, 2.05) is 44.2 Å². The fraction of sp³-hybridized carbons (Fsp3) is 0.429. The molecule has 0 aliphatic carbocycles. The van der Waals surface area contributed by atoms with Crippen LogP contribution in [0.15, 0.2) is 36.4 Å². The van der Waals surface area contributed by atoms with Crippen LogP contribution in [-0.4, -0.2) is 18.5 Å². The number of hydrogen-bond donors (Lipinski definition) is 1. The number of aryl methyl sites for hydroxylation is 2. The summed E-state index contributed by atoms with van der Waals surface area (Å²) < 4.78 is 11.1. The standard InChI is InChI=1S/C21H28O3/c1-4-6-7-10-17-13-19(22)21(18-11-8-9-16(3)12-18)20(14-17)24-15-23-5-2/h8-9,11-14,22H,4-7,10,15H2,1-3H3. The van der Waals surface area contributed by atoms with Crippen molar-refractivity contribution in [2.75, 3.05) is 13.4 Å². The molecule has 0 aromatic heterocycles. The molecule has 1 N–H and O–H groups in total. The molecule has 0 saturated carbocycles. The molecule has 3 nitrogen and oxygen atoms in total. The molecule has 0 aliphatic rings. The first-order valence-corrected chi connectivity index (χ1v) is 8.79. The van der Waals surface area contributed by atoms with Gasteiger partial charge in [0.15, 0.2) is 6.79 Å². The van der Waals surface area contributed by atoms with Gasteiger partial charge in [0.05, 0.1) is 5.56 Å². The summed E-state index contributed by atoms with van der Waals surface area (Å²) in [5, 5.41) is 10.6. The SMILES string of the molecule is CCCCCc1cc(O)c(-c2cccc(C)c2)c(OCOCC)c1. The van der Waals surface area contributed by atoms with Crippen molar-refractivity contribution >= 4 is 0 Å². The first kappa shape index (κ1) is 18.3. The van der Waals surface area contributed by atoms with Gasteiger partial charge in [-0.2, -0.15) is 0 Å². The van der Waals surface area contributed by atoms with Gasteiger partial charge in [0, 0.05) is 6.61 Å². The molecule has 0 spiro atoms. The van der Waals surface area contributed by atoms with Gasteiger partial charge in [0.25, 0.3) is 0 Å². The van der Waals surface area contributed by atoms with E-state index in [1.54, 1.807) is 0 Å². The van der Waals surface area contributed by atoms with Crippen LogP contribution in [0.5, 0.6) is 11.5 Å². The van der Waals surface area contributed by atoms with Crippen LogP contribution < -0.4 is 4.74 Å². The van der Waals surface area contributed by atoms with Crippen LogP contribution in [0.2, 0.25) is 0 Å². The highest BCUT2D eigenvalue weighted by Gasteiger charge is 2.14. The number of phenolic OH excluding ortho intramolecular Hbond substituents is 1. The van der Waals surface area contributed by atoms with Gasteiger partial charge >= 0.3 is 0 Å². The van der Waals surface area contributed by atoms with Gasteiger partial charge in [-0.15, -0.1) is 0 Å². The topological polar surface area (TPSA) is 38.7 Å². The minimum atomic E-state index is 0.188. The minimum Gasteiger partial charge on any atom is -0.507 e. The zero-order valence-electron chi connectivity index (χ0n) is 15.0. The second kappa shape index (κ2) is 9.33. The molecule has 2 rings (SSSR count). The van der Waals surface area contributed by atoms with Crippen molar-refractivity contribution in [1.82, 2.24) is 0 Å². The van der Waals surface area contributed by atoms with Gasteiger partial charge in [0.1, 0.15) is 11.5 Å². The van der Waals surface area contributed by atoms with E-state index in [0.717, 1.165) is 35.1 Å². The highest BCUT2D eigenvalue weighted by atomic mass is 16.7. The fourth-order valence-corrected chi connectivity index (χ4v) is 2.77. The maximum absolute atomic E-state index is 10.6. The third-order valence-corrected chi connectivity index (χ3v) is 4.02. The molecule has 130 valence electrons. The molecule has 0 amide bonds. The summed E-state index contributed by atoms with van der Waals surface area (Å²) in [6, 6.07) is 12.0. The van der Waals surface area contributed by atoms with E-state index < -0.39 is 0 Å². The molecule has 24 heavy (non-hydrogen) atoms. The molecule has 2 aromatic rings. The predicted octanol–water partition coefficient (Wildman–Crippen LogP) is 5.47. The lowest BCUT2D eigenvalue weighted by atomic mass is 9.98. The Kier molecular flexibility index (Phi) is 7.13. The van der Waals surface area contributed by atoms with E-state index in [1.165, 1.54) is 12.8 Å². The molecule has 0 aliphatic heterocycles. The lowest BCUT2D eigenvalue weighted by molar-refractivity contribution is 0.0226. The summed E-state index contributed by atoms with van der Waals surface area (Å²) in [5.41, 5.74) is 3.94. The maximum atomic E-state index is 10.6. The highest BCUT2D eigenvalue weighted by Crippen LogP contribution is 2.39. The summed E-state index contributed by atoms with van der Waals surface area (Å²) in [6.45, 7) is 6.95. The van der Waals surface area contributed by atoms with Gasteiger partial charge in [-0.3, -0.25) is 0 Å². The van der Waals surface area contributed by atoms with Crippen molar-refractivity contribution in [2.24, 2.45) is 0 Å². The van der Waals surface area contributed by atoms with Crippen LogP contribution in [0, 0.1) is 6.92 Å². The van der Waals surface area contributed by atoms with Crippen LogP contribution >= 0.6 is 0 Å². The van der Waals surface area contributed by atoms with Crippen molar-refractivity contribution in [2.45, 2.75) is 46.5 Å². The highest BCUT2D eigenvalue weighted by molar-refractivity contribution is 5.77. The van der Waals surface area contributed by atoms with Crippen LogP contribution in [-0.2, 0) is 11.2 Å². The minimum absolute atomic E-state index is 0.188. The lowest BCUT2D eigenvalue weighted by Crippen LogP contribution is -2.04. The molecular formula is C21H28O3. The molecule has 0 saturated heterocycles. The molecule has 0 heterocycles. The zero-order valence-corrected chi connectivity index (χ0v) is 15.0. The van der Waals surface area contributed by atoms with Gasteiger partial charge in [0.2, 0.25) is 0 Å². The first-order valence-electron chi connectivity index (χ1n) is 8.79. The Bertz CT molecular complexity index is 650. The average molecular weight is 328 g/mol. The predicted molar refractivity (Wildman–Crippen MR) is 98.6 cm³/mol. The van der Waals surface area contributed by atoms with Crippen molar-refractivity contribution in [3.8, 4) is 22.6 Å². The molecule has 2 aromatic carbocycles. The van der Waals surface area contributed by atoms with Crippen LogP contribution in [0.25, 0.3) is 11.1 Å².